The molecule has 3 aliphatic rings. The van der Waals surface area contributed by atoms with Crippen molar-refractivity contribution in [2.45, 2.75) is 25.3 Å². The van der Waals surface area contributed by atoms with Gasteiger partial charge in [-0.05, 0) is 70.2 Å². The first-order valence-electron chi connectivity index (χ1n) is 14.2. The summed E-state index contributed by atoms with van der Waals surface area (Å²) in [5.74, 6) is -0.0517. The van der Waals surface area contributed by atoms with Gasteiger partial charge in [0.05, 0.1) is 0 Å². The van der Waals surface area contributed by atoms with Crippen molar-refractivity contribution in [2.24, 2.45) is 11.3 Å². The highest BCUT2D eigenvalue weighted by Crippen LogP contribution is 2.41. The third kappa shape index (κ3) is 4.03. The van der Waals surface area contributed by atoms with E-state index in [-0.39, 0.29) is 40.7 Å². The molecule has 0 saturated carbocycles. The molecule has 0 N–H and O–H groups in total. The lowest BCUT2D eigenvalue weighted by molar-refractivity contribution is -0.157. The van der Waals surface area contributed by atoms with E-state index in [1.165, 1.54) is 9.80 Å². The largest absolute Gasteiger partial charge is 0.312 e. The zero-order valence-corrected chi connectivity index (χ0v) is 24.1. The Morgan fingerprint density at radius 3 is 2.10 bits per heavy atom. The van der Waals surface area contributed by atoms with Gasteiger partial charge in [0.15, 0.2) is 5.11 Å². The molecule has 2 atom stereocenters. The average Bonchev–Trinajstić information content (AvgIpc) is 2.98. The molecule has 0 spiro atoms. The van der Waals surface area contributed by atoms with Gasteiger partial charge in [0.25, 0.3) is 5.56 Å². The summed E-state index contributed by atoms with van der Waals surface area (Å²) in [6.07, 6.45) is 1.28. The quantitative estimate of drug-likeness (QED) is 0.213. The van der Waals surface area contributed by atoms with Gasteiger partial charge in [0.1, 0.15) is 5.41 Å². The zero-order valence-electron chi connectivity index (χ0n) is 23.2. The first kappa shape index (κ1) is 26.0. The number of fused-ring (bicyclic) bond motifs is 6. The lowest BCUT2D eigenvalue weighted by Crippen LogP contribution is -2.67. The lowest BCUT2D eigenvalue weighted by Gasteiger charge is -2.49. The van der Waals surface area contributed by atoms with Crippen LogP contribution in [-0.2, 0) is 22.6 Å². The molecule has 4 heterocycles. The maximum atomic E-state index is 14.4. The Hall–Kier alpha value is -3.88. The van der Waals surface area contributed by atoms with Crippen molar-refractivity contribution in [1.82, 2.24) is 19.3 Å². The molecule has 2 amide bonds. The second kappa shape index (κ2) is 9.60. The summed E-state index contributed by atoms with van der Waals surface area (Å²) in [6.45, 7) is 2.38. The van der Waals surface area contributed by atoms with E-state index < -0.39 is 5.41 Å². The van der Waals surface area contributed by atoms with E-state index in [0.717, 1.165) is 45.8 Å². The highest BCUT2D eigenvalue weighted by atomic mass is 32.1. The molecule has 208 valence electrons. The molecule has 2 unspecified atom stereocenters. The Kier molecular flexibility index (Phi) is 6.10. The molecule has 2 bridgehead atoms. The Bertz CT molecular complexity index is 1740. The molecule has 3 aliphatic heterocycles. The molecular weight excluding hydrogens is 532 g/mol. The standard InChI is InChI=1S/C33H32N4O3S/c1-34-30(39)33(31(40)35(2)32(34)41,16-27-25-10-5-3-8-22(25)15-23-9-4-6-11-26(23)27)20-36-17-21-14-24(19-36)28-12-7-13-29(38)37(28)18-21/h3-13,15,21,24H,14,16-20H2,1-2H3. The molecule has 8 heteroatoms. The van der Waals surface area contributed by atoms with Crippen molar-refractivity contribution in [3.8, 4) is 0 Å². The van der Waals surface area contributed by atoms with Gasteiger partial charge in [-0.2, -0.15) is 0 Å². The minimum atomic E-state index is -1.35. The van der Waals surface area contributed by atoms with Crippen molar-refractivity contribution in [3.63, 3.8) is 0 Å². The van der Waals surface area contributed by atoms with Crippen LogP contribution in [0.25, 0.3) is 21.5 Å². The molecule has 3 aromatic carbocycles. The first-order valence-corrected chi connectivity index (χ1v) is 14.6. The minimum absolute atomic E-state index is 0.0411. The second-order valence-corrected chi connectivity index (χ2v) is 12.3. The maximum absolute atomic E-state index is 14.4. The summed E-state index contributed by atoms with van der Waals surface area (Å²) >= 11 is 5.52. The fraction of sp³-hybridized carbons (Fsp3) is 0.333. The van der Waals surface area contributed by atoms with E-state index in [1.54, 1.807) is 20.2 Å². The molecule has 2 fully saturated rings. The number of amides is 2. The molecule has 41 heavy (non-hydrogen) atoms. The third-order valence-corrected chi connectivity index (χ3v) is 9.96. The number of hydrogen-bond acceptors (Lipinski definition) is 5. The Morgan fingerprint density at radius 2 is 1.44 bits per heavy atom. The Balaban J connectivity index is 1.35. The number of nitrogens with zero attached hydrogens (tertiary/aromatic N) is 4. The van der Waals surface area contributed by atoms with Crippen LogP contribution in [0.2, 0.25) is 0 Å². The van der Waals surface area contributed by atoms with Crippen LogP contribution in [0.5, 0.6) is 0 Å². The van der Waals surface area contributed by atoms with Crippen molar-refractivity contribution >= 4 is 50.7 Å². The number of piperidine rings is 1. The van der Waals surface area contributed by atoms with Gasteiger partial charge in [0, 0.05) is 58.0 Å². The fourth-order valence-electron chi connectivity index (χ4n) is 7.58. The van der Waals surface area contributed by atoms with Crippen LogP contribution in [0.1, 0.15) is 23.6 Å². The van der Waals surface area contributed by atoms with Crippen molar-refractivity contribution in [2.75, 3.05) is 33.7 Å². The lowest BCUT2D eigenvalue weighted by atomic mass is 9.74. The van der Waals surface area contributed by atoms with Crippen LogP contribution in [0, 0.1) is 11.3 Å². The van der Waals surface area contributed by atoms with Gasteiger partial charge in [-0.15, -0.1) is 0 Å². The van der Waals surface area contributed by atoms with Crippen LogP contribution in [0.3, 0.4) is 0 Å². The summed E-state index contributed by atoms with van der Waals surface area (Å²) in [6, 6.07) is 24.1. The monoisotopic (exact) mass is 564 g/mol. The SMILES string of the molecule is CN1C(=O)C(Cc2c3ccccc3cc3ccccc23)(CN2CC3CC(C2)c2cccc(=O)n2C3)C(=O)N(C)C1=S. The van der Waals surface area contributed by atoms with E-state index in [9.17, 15) is 14.4 Å². The average molecular weight is 565 g/mol. The van der Waals surface area contributed by atoms with E-state index in [0.29, 0.717) is 19.6 Å². The molecule has 7 nitrogen and oxygen atoms in total. The van der Waals surface area contributed by atoms with Crippen molar-refractivity contribution < 1.29 is 9.59 Å². The van der Waals surface area contributed by atoms with Gasteiger partial charge in [-0.1, -0.05) is 54.6 Å². The van der Waals surface area contributed by atoms with Crippen molar-refractivity contribution in [3.05, 3.63) is 94.4 Å². The highest BCUT2D eigenvalue weighted by Gasteiger charge is 2.56. The van der Waals surface area contributed by atoms with Crippen LogP contribution in [-0.4, -0.2) is 69.9 Å². The molecule has 7 rings (SSSR count). The number of carbonyl (C=O) groups is 2. The predicted octanol–water partition coefficient (Wildman–Crippen LogP) is 4.02. The predicted molar refractivity (Wildman–Crippen MR) is 164 cm³/mol. The topological polar surface area (TPSA) is 65.9 Å². The van der Waals surface area contributed by atoms with Gasteiger partial charge in [-0.3, -0.25) is 24.2 Å². The maximum Gasteiger partial charge on any atom is 0.250 e. The summed E-state index contributed by atoms with van der Waals surface area (Å²) < 4.78 is 1.91. The number of rotatable bonds is 4. The summed E-state index contributed by atoms with van der Waals surface area (Å²) in [4.78, 5) is 46.6. The molecule has 4 aromatic rings. The van der Waals surface area contributed by atoms with Gasteiger partial charge in [0.2, 0.25) is 11.8 Å². The van der Waals surface area contributed by atoms with Gasteiger partial charge in [-0.25, -0.2) is 0 Å². The molecule has 2 saturated heterocycles. The van der Waals surface area contributed by atoms with E-state index in [4.69, 9.17) is 12.2 Å². The smallest absolute Gasteiger partial charge is 0.250 e. The normalized spacial score (nSPS) is 22.4. The number of likely N-dealkylation sites (tertiary alicyclic amines) is 1. The van der Waals surface area contributed by atoms with Crippen LogP contribution >= 0.6 is 12.2 Å². The Labute approximate surface area is 243 Å². The van der Waals surface area contributed by atoms with E-state index in [1.807, 2.05) is 41.0 Å². The van der Waals surface area contributed by atoms with Crippen LogP contribution < -0.4 is 5.56 Å². The fourth-order valence-corrected chi connectivity index (χ4v) is 7.75. The van der Waals surface area contributed by atoms with Crippen molar-refractivity contribution in [1.29, 1.82) is 0 Å². The number of benzene rings is 3. The molecule has 0 radical (unpaired) electrons. The first-order chi connectivity index (χ1) is 19.8. The molecule has 0 aliphatic carbocycles. The highest BCUT2D eigenvalue weighted by molar-refractivity contribution is 7.80. The number of aromatic nitrogens is 1. The van der Waals surface area contributed by atoms with E-state index in [2.05, 4.69) is 35.2 Å². The number of hydrogen-bond donors (Lipinski definition) is 0. The van der Waals surface area contributed by atoms with E-state index >= 15 is 0 Å². The zero-order chi connectivity index (χ0) is 28.5. The second-order valence-electron chi connectivity index (χ2n) is 12.0. The van der Waals surface area contributed by atoms with Gasteiger partial charge < -0.3 is 9.47 Å². The molecule has 1 aromatic heterocycles. The number of carbonyl (C=O) groups excluding carboxylic acids is 2. The van der Waals surface area contributed by atoms with Crippen LogP contribution in [0.4, 0.5) is 0 Å². The van der Waals surface area contributed by atoms with Crippen LogP contribution in [0.15, 0.2) is 77.6 Å². The third-order valence-electron chi connectivity index (χ3n) is 9.41. The minimum Gasteiger partial charge on any atom is -0.312 e. The number of thiocarbonyl (C=S) groups is 1. The number of pyridine rings is 1. The van der Waals surface area contributed by atoms with Gasteiger partial charge >= 0.3 is 0 Å². The molecular formula is C33H32N4O3S. The Morgan fingerprint density at radius 1 is 0.805 bits per heavy atom. The summed E-state index contributed by atoms with van der Waals surface area (Å²) in [5, 5.41) is 4.49. The summed E-state index contributed by atoms with van der Waals surface area (Å²) in [5.41, 5.74) is 0.744. The summed E-state index contributed by atoms with van der Waals surface area (Å²) in [7, 11) is 3.36.